The monoisotopic (exact) mass is 268 g/mol. The SMILES string of the molecule is COCCN(C)CCNC(=O)c1cnc(NN)cn1. The fourth-order valence-corrected chi connectivity index (χ4v) is 1.33. The first-order chi connectivity index (χ1) is 9.17. The van der Waals surface area contributed by atoms with Gasteiger partial charge in [-0.1, -0.05) is 0 Å². The van der Waals surface area contributed by atoms with Crippen molar-refractivity contribution in [2.24, 2.45) is 5.84 Å². The molecular formula is C11H20N6O2. The molecule has 0 aliphatic rings. The Bertz CT molecular complexity index is 383. The van der Waals surface area contributed by atoms with Crippen molar-refractivity contribution in [2.75, 3.05) is 45.8 Å². The minimum atomic E-state index is -0.254. The maximum Gasteiger partial charge on any atom is 0.271 e. The third-order valence-electron chi connectivity index (χ3n) is 2.49. The van der Waals surface area contributed by atoms with Crippen molar-refractivity contribution in [1.29, 1.82) is 0 Å². The second kappa shape index (κ2) is 8.35. The highest BCUT2D eigenvalue weighted by Crippen LogP contribution is 1.98. The second-order valence-corrected chi connectivity index (χ2v) is 3.98. The van der Waals surface area contributed by atoms with Crippen molar-refractivity contribution < 1.29 is 9.53 Å². The molecule has 0 aromatic carbocycles. The quantitative estimate of drug-likeness (QED) is 0.413. The zero-order valence-corrected chi connectivity index (χ0v) is 11.2. The highest BCUT2D eigenvalue weighted by atomic mass is 16.5. The van der Waals surface area contributed by atoms with Gasteiger partial charge in [0.25, 0.3) is 5.91 Å². The molecule has 1 heterocycles. The Morgan fingerprint density at radius 2 is 2.21 bits per heavy atom. The summed E-state index contributed by atoms with van der Waals surface area (Å²) in [6, 6.07) is 0. The number of carbonyl (C=O) groups excluding carboxylic acids is 1. The number of nitrogens with one attached hydrogen (secondary N) is 2. The summed E-state index contributed by atoms with van der Waals surface area (Å²) in [5, 5.41) is 2.77. The fourth-order valence-electron chi connectivity index (χ4n) is 1.33. The lowest BCUT2D eigenvalue weighted by Gasteiger charge is -2.15. The van der Waals surface area contributed by atoms with Gasteiger partial charge in [-0.25, -0.2) is 15.8 Å². The van der Waals surface area contributed by atoms with Gasteiger partial charge in [0.1, 0.15) is 5.69 Å². The number of nitrogen functional groups attached to an aromatic ring is 1. The molecule has 19 heavy (non-hydrogen) atoms. The summed E-state index contributed by atoms with van der Waals surface area (Å²) in [4.78, 5) is 21.7. The minimum Gasteiger partial charge on any atom is -0.383 e. The molecule has 0 bridgehead atoms. The van der Waals surface area contributed by atoms with Gasteiger partial charge in [-0.15, -0.1) is 0 Å². The highest BCUT2D eigenvalue weighted by molar-refractivity contribution is 5.91. The van der Waals surface area contributed by atoms with Crippen LogP contribution in [0, 0.1) is 0 Å². The van der Waals surface area contributed by atoms with Crippen molar-refractivity contribution >= 4 is 11.7 Å². The summed E-state index contributed by atoms with van der Waals surface area (Å²) < 4.78 is 4.97. The van der Waals surface area contributed by atoms with E-state index in [2.05, 4.69) is 25.6 Å². The van der Waals surface area contributed by atoms with Gasteiger partial charge in [0.2, 0.25) is 0 Å². The van der Waals surface area contributed by atoms with E-state index in [4.69, 9.17) is 10.6 Å². The number of rotatable bonds is 8. The Morgan fingerprint density at radius 1 is 1.42 bits per heavy atom. The number of hydrogen-bond acceptors (Lipinski definition) is 7. The number of methoxy groups -OCH3 is 1. The van der Waals surface area contributed by atoms with Crippen LogP contribution >= 0.6 is 0 Å². The Hall–Kier alpha value is -1.77. The minimum absolute atomic E-state index is 0.254. The van der Waals surface area contributed by atoms with Crippen LogP contribution in [0.2, 0.25) is 0 Å². The van der Waals surface area contributed by atoms with Crippen molar-refractivity contribution in [3.05, 3.63) is 18.1 Å². The van der Waals surface area contributed by atoms with Crippen LogP contribution in [0.5, 0.6) is 0 Å². The fraction of sp³-hybridized carbons (Fsp3) is 0.545. The average molecular weight is 268 g/mol. The third-order valence-corrected chi connectivity index (χ3v) is 2.49. The second-order valence-electron chi connectivity index (χ2n) is 3.98. The molecule has 1 rings (SSSR count). The number of hydrazine groups is 1. The van der Waals surface area contributed by atoms with Gasteiger partial charge in [-0.3, -0.25) is 4.79 Å². The number of aromatic nitrogens is 2. The van der Waals surface area contributed by atoms with E-state index in [1.54, 1.807) is 7.11 Å². The molecule has 8 heteroatoms. The van der Waals surface area contributed by atoms with E-state index in [0.717, 1.165) is 13.1 Å². The molecule has 0 aliphatic carbocycles. The number of ether oxygens (including phenoxy) is 1. The number of likely N-dealkylation sites (N-methyl/N-ethyl adjacent to an activating group) is 1. The van der Waals surface area contributed by atoms with Gasteiger partial charge in [0, 0.05) is 26.7 Å². The molecule has 0 atom stereocenters. The smallest absolute Gasteiger partial charge is 0.271 e. The van der Waals surface area contributed by atoms with Gasteiger partial charge < -0.3 is 20.4 Å². The molecule has 8 nitrogen and oxygen atoms in total. The van der Waals surface area contributed by atoms with Gasteiger partial charge in [-0.2, -0.15) is 0 Å². The van der Waals surface area contributed by atoms with Crippen molar-refractivity contribution in [2.45, 2.75) is 0 Å². The van der Waals surface area contributed by atoms with E-state index in [0.29, 0.717) is 19.0 Å². The number of anilines is 1. The van der Waals surface area contributed by atoms with Crippen LogP contribution in [0.25, 0.3) is 0 Å². The number of amides is 1. The zero-order chi connectivity index (χ0) is 14.1. The summed E-state index contributed by atoms with van der Waals surface area (Å²) in [5.41, 5.74) is 2.61. The van der Waals surface area contributed by atoms with E-state index in [9.17, 15) is 4.79 Å². The maximum absolute atomic E-state index is 11.7. The first-order valence-corrected chi connectivity index (χ1v) is 5.91. The summed E-state index contributed by atoms with van der Waals surface area (Å²) in [6.45, 7) is 2.77. The first-order valence-electron chi connectivity index (χ1n) is 5.91. The van der Waals surface area contributed by atoms with Gasteiger partial charge in [0.15, 0.2) is 5.82 Å². The van der Waals surface area contributed by atoms with E-state index in [-0.39, 0.29) is 11.6 Å². The predicted molar refractivity (Wildman–Crippen MR) is 71.5 cm³/mol. The number of hydrogen-bond donors (Lipinski definition) is 3. The molecule has 0 unspecified atom stereocenters. The molecule has 1 aromatic rings. The Labute approximate surface area is 112 Å². The molecule has 0 saturated heterocycles. The molecule has 1 aromatic heterocycles. The zero-order valence-electron chi connectivity index (χ0n) is 11.2. The number of nitrogens with two attached hydrogens (primary N) is 1. The molecule has 0 aliphatic heterocycles. The van der Waals surface area contributed by atoms with Crippen molar-refractivity contribution in [1.82, 2.24) is 20.2 Å². The van der Waals surface area contributed by atoms with Crippen molar-refractivity contribution in [3.63, 3.8) is 0 Å². The predicted octanol–water partition coefficient (Wildman–Crippen LogP) is -0.930. The third kappa shape index (κ3) is 5.60. The van der Waals surface area contributed by atoms with Crippen LogP contribution < -0.4 is 16.6 Å². The standard InChI is InChI=1S/C11H20N6O2/c1-17(5-6-19-2)4-3-13-11(18)9-7-15-10(16-12)8-14-9/h7-8H,3-6,12H2,1-2H3,(H,13,18)(H,15,16). The van der Waals surface area contributed by atoms with Crippen LogP contribution in [0.3, 0.4) is 0 Å². The van der Waals surface area contributed by atoms with E-state index >= 15 is 0 Å². The molecule has 1 amide bonds. The molecule has 0 saturated carbocycles. The lowest BCUT2D eigenvalue weighted by molar-refractivity contribution is 0.0942. The molecular weight excluding hydrogens is 248 g/mol. The molecule has 106 valence electrons. The van der Waals surface area contributed by atoms with Crippen LogP contribution in [-0.2, 0) is 4.74 Å². The van der Waals surface area contributed by atoms with Gasteiger partial charge in [-0.05, 0) is 7.05 Å². The lowest BCUT2D eigenvalue weighted by Crippen LogP contribution is -2.34. The van der Waals surface area contributed by atoms with E-state index < -0.39 is 0 Å². The van der Waals surface area contributed by atoms with E-state index in [1.165, 1.54) is 12.4 Å². The van der Waals surface area contributed by atoms with Crippen LogP contribution in [0.1, 0.15) is 10.5 Å². The summed E-state index contributed by atoms with van der Waals surface area (Å²) >= 11 is 0. The van der Waals surface area contributed by atoms with Gasteiger partial charge >= 0.3 is 0 Å². The largest absolute Gasteiger partial charge is 0.383 e. The Kier molecular flexibility index (Phi) is 6.72. The number of carbonyl (C=O) groups is 1. The van der Waals surface area contributed by atoms with Gasteiger partial charge in [0.05, 0.1) is 19.0 Å². The summed E-state index contributed by atoms with van der Waals surface area (Å²) in [7, 11) is 3.63. The van der Waals surface area contributed by atoms with Crippen LogP contribution in [0.4, 0.5) is 5.82 Å². The average Bonchev–Trinajstić information content (AvgIpc) is 2.45. The molecule has 0 spiro atoms. The number of nitrogens with zero attached hydrogens (tertiary/aromatic N) is 3. The lowest BCUT2D eigenvalue weighted by atomic mass is 10.4. The van der Waals surface area contributed by atoms with Crippen LogP contribution in [0.15, 0.2) is 12.4 Å². The first kappa shape index (κ1) is 15.3. The topological polar surface area (TPSA) is 105 Å². The summed E-state index contributed by atoms with van der Waals surface area (Å²) in [5.74, 6) is 5.32. The molecule has 0 fully saturated rings. The van der Waals surface area contributed by atoms with Crippen LogP contribution in [-0.4, -0.2) is 61.2 Å². The Balaban J connectivity index is 2.30. The van der Waals surface area contributed by atoms with Crippen molar-refractivity contribution in [3.8, 4) is 0 Å². The Morgan fingerprint density at radius 3 is 2.79 bits per heavy atom. The maximum atomic E-state index is 11.7. The normalized spacial score (nSPS) is 10.5. The molecule has 4 N–H and O–H groups in total. The van der Waals surface area contributed by atoms with E-state index in [1.807, 2.05) is 7.05 Å². The summed E-state index contributed by atoms with van der Waals surface area (Å²) in [6.07, 6.45) is 2.78. The molecule has 0 radical (unpaired) electrons. The highest BCUT2D eigenvalue weighted by Gasteiger charge is 2.07.